The molecule has 0 amide bonds. The molecule has 0 aliphatic heterocycles. The highest BCUT2D eigenvalue weighted by Crippen LogP contribution is 2.22. The van der Waals surface area contributed by atoms with E-state index in [9.17, 15) is 17.6 Å². The first-order chi connectivity index (χ1) is 7.92. The predicted octanol–water partition coefficient (Wildman–Crippen LogP) is 1.93. The molecule has 98 valence electrons. The van der Waals surface area contributed by atoms with Gasteiger partial charge in [0.05, 0.1) is 11.6 Å². The summed E-state index contributed by atoms with van der Waals surface area (Å²) < 4.78 is 52.9. The molecule has 0 fully saturated rings. The second-order valence-electron chi connectivity index (χ2n) is 3.47. The fourth-order valence-corrected chi connectivity index (χ4v) is 1.76. The zero-order valence-electron chi connectivity index (χ0n) is 8.78. The van der Waals surface area contributed by atoms with E-state index in [1.54, 1.807) is 11.6 Å². The molecule has 8 heteroatoms. The number of hydrogen-bond acceptors (Lipinski definition) is 4. The highest BCUT2D eigenvalue weighted by Gasteiger charge is 2.41. The highest BCUT2D eigenvalue weighted by molar-refractivity contribution is 7.09. The van der Waals surface area contributed by atoms with Crippen molar-refractivity contribution in [2.45, 2.75) is 24.8 Å². The first kappa shape index (κ1) is 14.3. The van der Waals surface area contributed by atoms with Gasteiger partial charge in [0.25, 0.3) is 0 Å². The smallest absolute Gasteiger partial charge is 0.330 e. The molecule has 1 unspecified atom stereocenters. The van der Waals surface area contributed by atoms with Gasteiger partial charge < -0.3 is 10.5 Å². The standard InChI is InChI=1S/C9H12F4N2OS/c10-8(11)9(12,13)5-16-4-6(14)3-7-15-1-2-17-7/h1-2,6,8H,3-5,14H2. The van der Waals surface area contributed by atoms with Crippen LogP contribution in [0.2, 0.25) is 0 Å². The summed E-state index contributed by atoms with van der Waals surface area (Å²) in [6.07, 6.45) is -1.76. The van der Waals surface area contributed by atoms with Crippen LogP contribution in [0.1, 0.15) is 5.01 Å². The average molecular weight is 272 g/mol. The quantitative estimate of drug-likeness (QED) is 0.772. The maximum absolute atomic E-state index is 12.4. The van der Waals surface area contributed by atoms with E-state index in [0.29, 0.717) is 6.42 Å². The molecule has 0 saturated heterocycles. The van der Waals surface area contributed by atoms with Crippen LogP contribution in [-0.4, -0.2) is 36.6 Å². The summed E-state index contributed by atoms with van der Waals surface area (Å²) >= 11 is 1.38. The minimum absolute atomic E-state index is 0.206. The third-order valence-corrected chi connectivity index (χ3v) is 2.67. The molecule has 1 rings (SSSR count). The van der Waals surface area contributed by atoms with Crippen LogP contribution < -0.4 is 5.73 Å². The van der Waals surface area contributed by atoms with E-state index in [2.05, 4.69) is 9.72 Å². The number of alkyl halides is 4. The molecule has 0 bridgehead atoms. The van der Waals surface area contributed by atoms with Gasteiger partial charge in [-0.05, 0) is 0 Å². The molecule has 17 heavy (non-hydrogen) atoms. The molecule has 1 aromatic rings. The van der Waals surface area contributed by atoms with Crippen LogP contribution in [0.5, 0.6) is 0 Å². The molecule has 1 aromatic heterocycles. The van der Waals surface area contributed by atoms with E-state index in [-0.39, 0.29) is 6.61 Å². The van der Waals surface area contributed by atoms with Crippen LogP contribution in [0.15, 0.2) is 11.6 Å². The minimum atomic E-state index is -4.12. The topological polar surface area (TPSA) is 48.1 Å². The van der Waals surface area contributed by atoms with Gasteiger partial charge in [0.1, 0.15) is 6.61 Å². The van der Waals surface area contributed by atoms with Gasteiger partial charge in [-0.2, -0.15) is 8.78 Å². The van der Waals surface area contributed by atoms with Crippen molar-refractivity contribution >= 4 is 11.3 Å². The van der Waals surface area contributed by atoms with Crippen molar-refractivity contribution in [1.29, 1.82) is 0 Å². The second kappa shape index (κ2) is 6.27. The molecule has 2 N–H and O–H groups in total. The first-order valence-corrected chi connectivity index (χ1v) is 5.67. The maximum atomic E-state index is 12.4. The Kier molecular flexibility index (Phi) is 5.29. The van der Waals surface area contributed by atoms with Crippen molar-refractivity contribution < 1.29 is 22.3 Å². The van der Waals surface area contributed by atoms with Crippen molar-refractivity contribution in [3.8, 4) is 0 Å². The molecule has 0 aromatic carbocycles. The number of thiazole rings is 1. The molecule has 0 saturated carbocycles. The zero-order chi connectivity index (χ0) is 12.9. The largest absolute Gasteiger partial charge is 0.373 e. The summed E-state index contributed by atoms with van der Waals surface area (Å²) in [5, 5.41) is 2.51. The van der Waals surface area contributed by atoms with Crippen molar-refractivity contribution in [1.82, 2.24) is 4.98 Å². The summed E-state index contributed by atoms with van der Waals surface area (Å²) in [4.78, 5) is 3.96. The molecule has 3 nitrogen and oxygen atoms in total. The molecule has 1 atom stereocenters. The van der Waals surface area contributed by atoms with Crippen molar-refractivity contribution in [2.75, 3.05) is 13.2 Å². The van der Waals surface area contributed by atoms with Crippen LogP contribution in [0, 0.1) is 0 Å². The number of nitrogens with two attached hydrogens (primary N) is 1. The Morgan fingerprint density at radius 3 is 2.71 bits per heavy atom. The number of hydrogen-bond donors (Lipinski definition) is 1. The van der Waals surface area contributed by atoms with Gasteiger partial charge in [-0.15, -0.1) is 11.3 Å². The maximum Gasteiger partial charge on any atom is 0.330 e. The fraction of sp³-hybridized carbons (Fsp3) is 0.667. The number of ether oxygens (including phenoxy) is 1. The Morgan fingerprint density at radius 2 is 2.18 bits per heavy atom. The first-order valence-electron chi connectivity index (χ1n) is 4.79. The SMILES string of the molecule is NC(COCC(F)(F)C(F)F)Cc1nccs1. The lowest BCUT2D eigenvalue weighted by Gasteiger charge is -2.17. The molecular weight excluding hydrogens is 260 g/mol. The average Bonchev–Trinajstić information content (AvgIpc) is 2.69. The summed E-state index contributed by atoms with van der Waals surface area (Å²) in [6, 6.07) is -0.533. The van der Waals surface area contributed by atoms with Crippen molar-refractivity contribution in [3.05, 3.63) is 16.6 Å². The summed E-state index contributed by atoms with van der Waals surface area (Å²) in [7, 11) is 0. The molecule has 0 spiro atoms. The van der Waals surface area contributed by atoms with Gasteiger partial charge in [-0.25, -0.2) is 13.8 Å². The van der Waals surface area contributed by atoms with Crippen LogP contribution in [-0.2, 0) is 11.2 Å². The summed E-state index contributed by atoms with van der Waals surface area (Å²) in [6.45, 7) is -1.53. The van der Waals surface area contributed by atoms with Crippen molar-refractivity contribution in [3.63, 3.8) is 0 Å². The lowest BCUT2D eigenvalue weighted by Crippen LogP contribution is -2.36. The fourth-order valence-electron chi connectivity index (χ4n) is 1.05. The molecule has 0 aliphatic carbocycles. The van der Waals surface area contributed by atoms with Gasteiger partial charge in [-0.3, -0.25) is 0 Å². The minimum Gasteiger partial charge on any atom is -0.373 e. The van der Waals surface area contributed by atoms with E-state index in [1.807, 2.05) is 0 Å². The van der Waals surface area contributed by atoms with E-state index in [0.717, 1.165) is 5.01 Å². The zero-order valence-corrected chi connectivity index (χ0v) is 9.60. The van der Waals surface area contributed by atoms with E-state index in [4.69, 9.17) is 5.73 Å². The van der Waals surface area contributed by atoms with Gasteiger partial charge in [0.15, 0.2) is 0 Å². The van der Waals surface area contributed by atoms with Gasteiger partial charge >= 0.3 is 12.3 Å². The molecule has 0 aliphatic rings. The van der Waals surface area contributed by atoms with Crippen LogP contribution >= 0.6 is 11.3 Å². The lowest BCUT2D eigenvalue weighted by molar-refractivity contribution is -0.166. The van der Waals surface area contributed by atoms with E-state index < -0.39 is 25.0 Å². The molecule has 1 heterocycles. The number of aromatic nitrogens is 1. The Hall–Kier alpha value is -0.730. The van der Waals surface area contributed by atoms with E-state index >= 15 is 0 Å². The Balaban J connectivity index is 2.22. The summed E-state index contributed by atoms with van der Waals surface area (Å²) in [5.74, 6) is -4.12. The monoisotopic (exact) mass is 272 g/mol. The van der Waals surface area contributed by atoms with Crippen molar-refractivity contribution in [2.24, 2.45) is 5.73 Å². The number of rotatable bonds is 7. The predicted molar refractivity (Wildman–Crippen MR) is 55.6 cm³/mol. The number of halogens is 4. The van der Waals surface area contributed by atoms with Crippen LogP contribution in [0.25, 0.3) is 0 Å². The molecular formula is C9H12F4N2OS. The third kappa shape index (κ3) is 4.97. The molecule has 0 radical (unpaired) electrons. The Bertz CT molecular complexity index is 321. The van der Waals surface area contributed by atoms with Crippen LogP contribution in [0.4, 0.5) is 17.6 Å². The summed E-state index contributed by atoms with van der Waals surface area (Å²) in [5.41, 5.74) is 5.58. The van der Waals surface area contributed by atoms with Gasteiger partial charge in [-0.1, -0.05) is 0 Å². The van der Waals surface area contributed by atoms with Gasteiger partial charge in [0.2, 0.25) is 0 Å². The van der Waals surface area contributed by atoms with Crippen LogP contribution in [0.3, 0.4) is 0 Å². The number of nitrogens with zero attached hydrogens (tertiary/aromatic N) is 1. The highest BCUT2D eigenvalue weighted by atomic mass is 32.1. The third-order valence-electron chi connectivity index (χ3n) is 1.87. The Morgan fingerprint density at radius 1 is 1.47 bits per heavy atom. The Labute approximate surface area is 99.6 Å². The lowest BCUT2D eigenvalue weighted by atomic mass is 10.2. The second-order valence-corrected chi connectivity index (χ2v) is 4.45. The van der Waals surface area contributed by atoms with Gasteiger partial charge in [0, 0.05) is 24.0 Å². The normalized spacial score (nSPS) is 14.2. The van der Waals surface area contributed by atoms with E-state index in [1.165, 1.54) is 11.3 Å².